The Kier molecular flexibility index (Phi) is 6.74. The van der Waals surface area contributed by atoms with E-state index < -0.39 is 24.7 Å². The summed E-state index contributed by atoms with van der Waals surface area (Å²) in [6, 6.07) is 4.34. The van der Waals surface area contributed by atoms with E-state index in [0.717, 1.165) is 0 Å². The molecule has 2 N–H and O–H groups in total. The monoisotopic (exact) mass is 329 g/mol. The van der Waals surface area contributed by atoms with Crippen LogP contribution >= 0.6 is 0 Å². The summed E-state index contributed by atoms with van der Waals surface area (Å²) in [5, 5.41) is 5.08. The summed E-state index contributed by atoms with van der Waals surface area (Å²) >= 11 is 0. The smallest absolute Gasteiger partial charge is 0.387 e. The lowest BCUT2D eigenvalue weighted by atomic mass is 10.1. The van der Waals surface area contributed by atoms with Crippen molar-refractivity contribution >= 4 is 11.9 Å². The Hall–Kier alpha value is -2.38. The fourth-order valence-corrected chi connectivity index (χ4v) is 2.00. The highest BCUT2D eigenvalue weighted by Crippen LogP contribution is 2.26. The second-order valence-corrected chi connectivity index (χ2v) is 5.21. The van der Waals surface area contributed by atoms with Crippen LogP contribution in [0.25, 0.3) is 0 Å². The summed E-state index contributed by atoms with van der Waals surface area (Å²) in [6.45, 7) is 0.237. The van der Waals surface area contributed by atoms with Gasteiger partial charge >= 0.3 is 12.6 Å². The molecule has 0 aliphatic carbocycles. The lowest BCUT2D eigenvalue weighted by Crippen LogP contribution is -2.48. The van der Waals surface area contributed by atoms with Gasteiger partial charge in [0.2, 0.25) is 5.91 Å². The van der Waals surface area contributed by atoms with Crippen molar-refractivity contribution in [2.75, 3.05) is 14.1 Å². The Labute approximate surface area is 133 Å². The second-order valence-electron chi connectivity index (χ2n) is 5.21. The molecular formula is C15H21F2N3O3. The molecule has 0 saturated heterocycles. The van der Waals surface area contributed by atoms with E-state index in [1.54, 1.807) is 46.1 Å². The Morgan fingerprint density at radius 2 is 1.74 bits per heavy atom. The van der Waals surface area contributed by atoms with Crippen molar-refractivity contribution in [3.05, 3.63) is 29.8 Å². The lowest BCUT2D eigenvalue weighted by Gasteiger charge is -2.21. The van der Waals surface area contributed by atoms with Crippen molar-refractivity contribution in [2.45, 2.75) is 32.5 Å². The molecule has 0 radical (unpaired) electrons. The van der Waals surface area contributed by atoms with Crippen LogP contribution < -0.4 is 15.4 Å². The van der Waals surface area contributed by atoms with E-state index in [0.29, 0.717) is 5.56 Å². The predicted octanol–water partition coefficient (Wildman–Crippen LogP) is 2.12. The topological polar surface area (TPSA) is 70.7 Å². The molecule has 0 aromatic heterocycles. The van der Waals surface area contributed by atoms with E-state index in [4.69, 9.17) is 0 Å². The minimum absolute atomic E-state index is 0.00674. The third-order valence-corrected chi connectivity index (χ3v) is 3.11. The number of halogens is 2. The number of para-hydroxylation sites is 1. The molecule has 0 heterocycles. The van der Waals surface area contributed by atoms with Crippen molar-refractivity contribution in [1.82, 2.24) is 15.5 Å². The number of urea groups is 1. The van der Waals surface area contributed by atoms with Crippen molar-refractivity contribution in [1.29, 1.82) is 0 Å². The number of rotatable bonds is 6. The average Bonchev–Trinajstić information content (AvgIpc) is 2.45. The number of carbonyl (C=O) groups excluding carboxylic acids is 2. The van der Waals surface area contributed by atoms with E-state index in [1.165, 1.54) is 11.0 Å². The molecule has 0 spiro atoms. The third-order valence-electron chi connectivity index (χ3n) is 3.11. The van der Waals surface area contributed by atoms with E-state index in [2.05, 4.69) is 15.4 Å². The van der Waals surface area contributed by atoms with Crippen LogP contribution in [0.4, 0.5) is 13.6 Å². The molecule has 0 aliphatic heterocycles. The van der Waals surface area contributed by atoms with Gasteiger partial charge in [0.1, 0.15) is 11.8 Å². The van der Waals surface area contributed by atoms with Crippen LogP contribution in [0.15, 0.2) is 24.3 Å². The molecule has 23 heavy (non-hydrogen) atoms. The number of carbonyl (C=O) groups is 2. The molecule has 1 rings (SSSR count). The molecule has 0 aliphatic rings. The van der Waals surface area contributed by atoms with Gasteiger partial charge in [0.15, 0.2) is 0 Å². The van der Waals surface area contributed by atoms with Gasteiger partial charge in [-0.3, -0.25) is 4.79 Å². The number of nitrogens with one attached hydrogen (secondary N) is 2. The number of hydrogen-bond acceptors (Lipinski definition) is 3. The minimum atomic E-state index is -2.95. The standard InChI is InChI=1S/C15H21F2N3O3/c1-9(11-7-5-6-8-12(11)23-14(16)17)18-15(22)19-10(2)13(21)20(3)4/h5-10,14H,1-4H3,(H2,18,19,22). The van der Waals surface area contributed by atoms with Crippen molar-refractivity contribution in [2.24, 2.45) is 0 Å². The number of ether oxygens (including phenoxy) is 1. The molecule has 128 valence electrons. The summed E-state index contributed by atoms with van der Waals surface area (Å²) in [4.78, 5) is 25.0. The highest BCUT2D eigenvalue weighted by atomic mass is 19.3. The zero-order chi connectivity index (χ0) is 17.6. The zero-order valence-electron chi connectivity index (χ0n) is 13.5. The van der Waals surface area contributed by atoms with Crippen LogP contribution in [-0.2, 0) is 4.79 Å². The molecule has 1 aromatic rings. The van der Waals surface area contributed by atoms with Crippen LogP contribution in [0, 0.1) is 0 Å². The molecule has 2 atom stereocenters. The first kappa shape index (κ1) is 18.7. The van der Waals surface area contributed by atoms with Gasteiger partial charge in [-0.25, -0.2) is 4.79 Å². The number of nitrogens with zero attached hydrogens (tertiary/aromatic N) is 1. The number of likely N-dealkylation sites (N-methyl/N-ethyl adjacent to an activating group) is 1. The van der Waals surface area contributed by atoms with Crippen LogP contribution in [0.2, 0.25) is 0 Å². The Bertz CT molecular complexity index is 553. The fraction of sp³-hybridized carbons (Fsp3) is 0.467. The first-order valence-electron chi connectivity index (χ1n) is 7.04. The van der Waals surface area contributed by atoms with Crippen molar-refractivity contribution in [3.63, 3.8) is 0 Å². The van der Waals surface area contributed by atoms with E-state index >= 15 is 0 Å². The molecule has 0 saturated carbocycles. The van der Waals surface area contributed by atoms with Gasteiger partial charge in [0.25, 0.3) is 0 Å². The number of amides is 3. The largest absolute Gasteiger partial charge is 0.434 e. The second kappa shape index (κ2) is 8.30. The normalized spacial score (nSPS) is 13.2. The fourth-order valence-electron chi connectivity index (χ4n) is 2.00. The van der Waals surface area contributed by atoms with Gasteiger partial charge in [0.05, 0.1) is 6.04 Å². The molecular weight excluding hydrogens is 308 g/mol. The highest BCUT2D eigenvalue weighted by molar-refractivity contribution is 5.86. The minimum Gasteiger partial charge on any atom is -0.434 e. The van der Waals surface area contributed by atoms with Gasteiger partial charge in [-0.1, -0.05) is 18.2 Å². The first-order valence-corrected chi connectivity index (χ1v) is 7.04. The van der Waals surface area contributed by atoms with Crippen LogP contribution in [-0.4, -0.2) is 43.6 Å². The maximum absolute atomic E-state index is 12.4. The summed E-state index contributed by atoms with van der Waals surface area (Å²) in [7, 11) is 3.16. The molecule has 1 aromatic carbocycles. The van der Waals surface area contributed by atoms with Gasteiger partial charge in [-0.15, -0.1) is 0 Å². The Balaban J connectivity index is 2.71. The maximum atomic E-state index is 12.4. The Morgan fingerprint density at radius 1 is 1.13 bits per heavy atom. The lowest BCUT2D eigenvalue weighted by molar-refractivity contribution is -0.130. The van der Waals surface area contributed by atoms with E-state index in [1.807, 2.05) is 0 Å². The number of alkyl halides is 2. The molecule has 3 amide bonds. The number of hydrogen-bond donors (Lipinski definition) is 2. The molecule has 8 heteroatoms. The van der Waals surface area contributed by atoms with Crippen LogP contribution in [0.1, 0.15) is 25.5 Å². The van der Waals surface area contributed by atoms with Crippen LogP contribution in [0.3, 0.4) is 0 Å². The van der Waals surface area contributed by atoms with Gasteiger partial charge in [0, 0.05) is 19.7 Å². The summed E-state index contributed by atoms with van der Waals surface area (Å²) < 4.78 is 29.2. The van der Waals surface area contributed by atoms with Gasteiger partial charge in [-0.05, 0) is 19.9 Å². The van der Waals surface area contributed by atoms with E-state index in [-0.39, 0.29) is 11.7 Å². The van der Waals surface area contributed by atoms with Gasteiger partial charge in [-0.2, -0.15) is 8.78 Å². The summed E-state index contributed by atoms with van der Waals surface area (Å²) in [6.07, 6.45) is 0. The summed E-state index contributed by atoms with van der Waals surface area (Å²) in [5.74, 6) is -0.262. The van der Waals surface area contributed by atoms with Crippen molar-refractivity contribution < 1.29 is 23.1 Å². The third kappa shape index (κ3) is 5.72. The van der Waals surface area contributed by atoms with E-state index in [9.17, 15) is 18.4 Å². The average molecular weight is 329 g/mol. The maximum Gasteiger partial charge on any atom is 0.387 e. The number of benzene rings is 1. The molecule has 0 bridgehead atoms. The summed E-state index contributed by atoms with van der Waals surface area (Å²) in [5.41, 5.74) is 0.412. The zero-order valence-corrected chi connectivity index (χ0v) is 13.5. The Morgan fingerprint density at radius 3 is 2.30 bits per heavy atom. The van der Waals surface area contributed by atoms with Crippen LogP contribution in [0.5, 0.6) is 5.75 Å². The molecule has 6 nitrogen and oxygen atoms in total. The SMILES string of the molecule is CC(NC(=O)NC(C)c1ccccc1OC(F)F)C(=O)N(C)C. The predicted molar refractivity (Wildman–Crippen MR) is 81.3 cm³/mol. The highest BCUT2D eigenvalue weighted by Gasteiger charge is 2.20. The molecule has 2 unspecified atom stereocenters. The quantitative estimate of drug-likeness (QED) is 0.840. The first-order chi connectivity index (χ1) is 10.7. The van der Waals surface area contributed by atoms with Gasteiger partial charge < -0.3 is 20.3 Å². The molecule has 0 fully saturated rings. The van der Waals surface area contributed by atoms with Crippen molar-refractivity contribution in [3.8, 4) is 5.75 Å².